The number of aryl methyl sites for hydroxylation is 2. The third-order valence-electron chi connectivity index (χ3n) is 2.02. The number of aromatic nitrogens is 5. The van der Waals surface area contributed by atoms with E-state index in [1.54, 1.807) is 25.0 Å². The van der Waals surface area contributed by atoms with E-state index >= 15 is 0 Å². The summed E-state index contributed by atoms with van der Waals surface area (Å²) in [5.41, 5.74) is 12.0. The van der Waals surface area contributed by atoms with Gasteiger partial charge in [-0.15, -0.1) is 5.10 Å². The van der Waals surface area contributed by atoms with Crippen molar-refractivity contribution in [3.8, 4) is 11.4 Å². The van der Waals surface area contributed by atoms with Crippen molar-refractivity contribution in [1.82, 2.24) is 24.5 Å². The van der Waals surface area contributed by atoms with Crippen molar-refractivity contribution in [1.29, 1.82) is 0 Å². The fourth-order valence-corrected chi connectivity index (χ4v) is 1.13. The molecule has 0 bridgehead atoms. The van der Waals surface area contributed by atoms with Gasteiger partial charge < -0.3 is 11.5 Å². The topological polar surface area (TPSA) is 101 Å². The number of hydrogen-bond acceptors (Lipinski definition) is 5. The minimum absolute atomic E-state index is 0.350. The van der Waals surface area contributed by atoms with Crippen LogP contribution in [0.3, 0.4) is 0 Å². The molecule has 74 valence electrons. The Bertz CT molecular complexity index is 447. The second-order valence-corrected chi connectivity index (χ2v) is 2.98. The van der Waals surface area contributed by atoms with E-state index < -0.39 is 0 Å². The molecule has 4 N–H and O–H groups in total. The average Bonchev–Trinajstić information content (AvgIpc) is 2.61. The first-order valence-electron chi connectivity index (χ1n) is 4.04. The highest BCUT2D eigenvalue weighted by atomic mass is 15.4. The van der Waals surface area contributed by atoms with Gasteiger partial charge in [0, 0.05) is 14.1 Å². The van der Waals surface area contributed by atoms with E-state index in [-0.39, 0.29) is 0 Å². The van der Waals surface area contributed by atoms with Crippen molar-refractivity contribution in [2.45, 2.75) is 0 Å². The number of anilines is 2. The molecule has 0 unspecified atom stereocenters. The largest absolute Gasteiger partial charge is 0.383 e. The third kappa shape index (κ3) is 1.10. The van der Waals surface area contributed by atoms with E-state index in [1.165, 1.54) is 4.68 Å². The molecular weight excluding hydrogens is 182 g/mol. The fraction of sp³-hybridized carbons (Fsp3) is 0.286. The molecule has 0 saturated heterocycles. The predicted molar refractivity (Wildman–Crippen MR) is 52.0 cm³/mol. The van der Waals surface area contributed by atoms with Crippen LogP contribution in [0.5, 0.6) is 0 Å². The van der Waals surface area contributed by atoms with Crippen LogP contribution >= 0.6 is 0 Å². The Morgan fingerprint density at radius 1 is 1.21 bits per heavy atom. The zero-order valence-corrected chi connectivity index (χ0v) is 7.97. The number of rotatable bonds is 1. The maximum atomic E-state index is 5.76. The van der Waals surface area contributed by atoms with Crippen LogP contribution < -0.4 is 11.5 Å². The van der Waals surface area contributed by atoms with Crippen molar-refractivity contribution in [3.63, 3.8) is 0 Å². The number of nitrogen functional groups attached to an aromatic ring is 2. The zero-order valence-electron chi connectivity index (χ0n) is 7.97. The van der Waals surface area contributed by atoms with Crippen LogP contribution in [0.4, 0.5) is 11.8 Å². The van der Waals surface area contributed by atoms with E-state index in [4.69, 9.17) is 11.5 Å². The molecule has 0 aliphatic heterocycles. The number of nitrogens with two attached hydrogens (primary N) is 2. The zero-order chi connectivity index (χ0) is 10.3. The molecule has 2 rings (SSSR count). The minimum atomic E-state index is 0.350. The van der Waals surface area contributed by atoms with Crippen LogP contribution in [0, 0.1) is 0 Å². The Morgan fingerprint density at radius 2 is 1.93 bits per heavy atom. The molecule has 14 heavy (non-hydrogen) atoms. The molecule has 0 fully saturated rings. The number of hydrogen-bond donors (Lipinski definition) is 2. The summed E-state index contributed by atoms with van der Waals surface area (Å²) in [6.45, 7) is 0. The third-order valence-corrected chi connectivity index (χ3v) is 2.02. The van der Waals surface area contributed by atoms with Crippen molar-refractivity contribution < 1.29 is 0 Å². The summed E-state index contributed by atoms with van der Waals surface area (Å²) in [4.78, 5) is 4.05. The van der Waals surface area contributed by atoms with E-state index in [2.05, 4.69) is 15.2 Å². The van der Waals surface area contributed by atoms with Crippen LogP contribution in [0.25, 0.3) is 11.4 Å². The molecule has 0 spiro atoms. The predicted octanol–water partition coefficient (Wildman–Crippen LogP) is -0.620. The summed E-state index contributed by atoms with van der Waals surface area (Å²) >= 11 is 0. The summed E-state index contributed by atoms with van der Waals surface area (Å²) < 4.78 is 3.05. The Hall–Kier alpha value is -2.05. The molecule has 2 heterocycles. The van der Waals surface area contributed by atoms with E-state index in [1.807, 2.05) is 0 Å². The first-order valence-corrected chi connectivity index (χ1v) is 4.04. The average molecular weight is 193 g/mol. The molecule has 2 aromatic heterocycles. The highest BCUT2D eigenvalue weighted by Gasteiger charge is 2.12. The molecule has 0 radical (unpaired) electrons. The number of nitrogens with zero attached hydrogens (tertiary/aromatic N) is 5. The quantitative estimate of drug-likeness (QED) is 0.628. The molecule has 0 aliphatic carbocycles. The lowest BCUT2D eigenvalue weighted by Gasteiger charge is -1.94. The molecule has 7 nitrogen and oxygen atoms in total. The molecular formula is C7H11N7. The summed E-state index contributed by atoms with van der Waals surface area (Å²) in [5, 5.41) is 8.09. The smallest absolute Gasteiger partial charge is 0.218 e. The van der Waals surface area contributed by atoms with Gasteiger partial charge in [0.05, 0.1) is 11.8 Å². The van der Waals surface area contributed by atoms with Crippen LogP contribution in [0.2, 0.25) is 0 Å². The first kappa shape index (κ1) is 8.54. The lowest BCUT2D eigenvalue weighted by molar-refractivity contribution is 0.778. The van der Waals surface area contributed by atoms with Gasteiger partial charge in [0.25, 0.3) is 0 Å². The van der Waals surface area contributed by atoms with Gasteiger partial charge in [-0.1, -0.05) is 0 Å². The Morgan fingerprint density at radius 3 is 2.36 bits per heavy atom. The molecule has 7 heteroatoms. The monoisotopic (exact) mass is 193 g/mol. The summed E-state index contributed by atoms with van der Waals surface area (Å²) in [6.07, 6.45) is 1.62. The normalized spacial score (nSPS) is 10.7. The van der Waals surface area contributed by atoms with Crippen LogP contribution in [0.1, 0.15) is 0 Å². The molecule has 0 saturated carbocycles. The van der Waals surface area contributed by atoms with E-state index in [0.717, 1.165) is 0 Å². The van der Waals surface area contributed by atoms with Gasteiger partial charge in [-0.25, -0.2) is 4.68 Å². The molecule has 0 aliphatic rings. The molecule has 0 aromatic carbocycles. The van der Waals surface area contributed by atoms with Gasteiger partial charge in [0.1, 0.15) is 5.82 Å². The summed E-state index contributed by atoms with van der Waals surface area (Å²) in [5.74, 6) is 1.37. The molecule has 0 amide bonds. The van der Waals surface area contributed by atoms with Gasteiger partial charge in [-0.05, 0) is 0 Å². The van der Waals surface area contributed by atoms with Gasteiger partial charge in [0.15, 0.2) is 5.82 Å². The Labute approximate surface area is 80.3 Å². The molecule has 2 aromatic rings. The van der Waals surface area contributed by atoms with E-state index in [9.17, 15) is 0 Å². The lowest BCUT2D eigenvalue weighted by Crippen LogP contribution is -1.98. The second-order valence-electron chi connectivity index (χ2n) is 2.98. The van der Waals surface area contributed by atoms with Gasteiger partial charge in [0.2, 0.25) is 5.95 Å². The standard InChI is InChI=1S/C7H11N7/c1-13-5(8)4(3-10-13)6-11-7(9)14(2)12-6/h3H,8H2,1-2H3,(H2,9,11,12). The van der Waals surface area contributed by atoms with Crippen molar-refractivity contribution in [2.75, 3.05) is 11.5 Å². The fourth-order valence-electron chi connectivity index (χ4n) is 1.13. The Balaban J connectivity index is 2.54. The Kier molecular flexibility index (Phi) is 1.66. The minimum Gasteiger partial charge on any atom is -0.383 e. The van der Waals surface area contributed by atoms with Crippen LogP contribution in [-0.2, 0) is 14.1 Å². The lowest BCUT2D eigenvalue weighted by atomic mass is 10.3. The van der Waals surface area contributed by atoms with Crippen LogP contribution in [-0.4, -0.2) is 24.5 Å². The highest BCUT2D eigenvalue weighted by molar-refractivity contribution is 5.68. The highest BCUT2D eigenvalue weighted by Crippen LogP contribution is 2.21. The van der Waals surface area contributed by atoms with E-state index in [0.29, 0.717) is 23.2 Å². The second kappa shape index (κ2) is 2.72. The van der Waals surface area contributed by atoms with Gasteiger partial charge in [-0.2, -0.15) is 10.1 Å². The summed E-state index contributed by atoms with van der Waals surface area (Å²) in [6, 6.07) is 0. The van der Waals surface area contributed by atoms with Crippen molar-refractivity contribution in [3.05, 3.63) is 6.20 Å². The van der Waals surface area contributed by atoms with Crippen molar-refractivity contribution >= 4 is 11.8 Å². The first-order chi connectivity index (χ1) is 6.59. The molecule has 0 atom stereocenters. The maximum Gasteiger partial charge on any atom is 0.218 e. The van der Waals surface area contributed by atoms with Crippen LogP contribution in [0.15, 0.2) is 6.20 Å². The van der Waals surface area contributed by atoms with Gasteiger partial charge >= 0.3 is 0 Å². The summed E-state index contributed by atoms with van der Waals surface area (Å²) in [7, 11) is 3.48. The maximum absolute atomic E-state index is 5.76. The van der Waals surface area contributed by atoms with Gasteiger partial charge in [-0.3, -0.25) is 4.68 Å². The SMILES string of the molecule is Cn1nc(-c2cnn(C)c2N)nc1N. The van der Waals surface area contributed by atoms with Crippen molar-refractivity contribution in [2.24, 2.45) is 14.1 Å².